The summed E-state index contributed by atoms with van der Waals surface area (Å²) in [6, 6.07) is 8.73. The van der Waals surface area contributed by atoms with Crippen LogP contribution in [0.3, 0.4) is 0 Å². The Kier molecular flexibility index (Phi) is 4.31. The first kappa shape index (κ1) is 12.7. The molecule has 1 rings (SSSR count). The van der Waals surface area contributed by atoms with E-state index in [-0.39, 0.29) is 5.75 Å². The molecule has 5 heteroatoms. The fourth-order valence-corrected chi connectivity index (χ4v) is 3.12. The molecule has 1 aromatic carbocycles. The van der Waals surface area contributed by atoms with Crippen LogP contribution in [-0.2, 0) is 9.84 Å². The van der Waals surface area contributed by atoms with Crippen molar-refractivity contribution in [3.05, 3.63) is 35.9 Å². The quantitative estimate of drug-likeness (QED) is 0.862. The van der Waals surface area contributed by atoms with E-state index in [0.717, 1.165) is 0 Å². The van der Waals surface area contributed by atoms with E-state index in [9.17, 15) is 13.5 Å². The molecule has 0 fully saturated rings. The van der Waals surface area contributed by atoms with Gasteiger partial charge in [0.15, 0.2) is 9.84 Å². The van der Waals surface area contributed by atoms with Crippen LogP contribution >= 0.6 is 15.9 Å². The maximum atomic E-state index is 11.5. The summed E-state index contributed by atoms with van der Waals surface area (Å²) in [6.45, 7) is 1.56. The number of halogens is 1. The van der Waals surface area contributed by atoms with Crippen LogP contribution in [0, 0.1) is 0 Å². The van der Waals surface area contributed by atoms with E-state index in [4.69, 9.17) is 0 Å². The van der Waals surface area contributed by atoms with Crippen LogP contribution in [0.1, 0.15) is 18.6 Å². The van der Waals surface area contributed by atoms with Gasteiger partial charge >= 0.3 is 0 Å². The Balaban J connectivity index is 2.92. The van der Waals surface area contributed by atoms with Gasteiger partial charge in [0.05, 0.1) is 0 Å². The van der Waals surface area contributed by atoms with E-state index < -0.39 is 20.1 Å². The van der Waals surface area contributed by atoms with Crippen LogP contribution in [0.25, 0.3) is 0 Å². The van der Waals surface area contributed by atoms with Crippen LogP contribution in [-0.4, -0.2) is 23.4 Å². The molecule has 2 atom stereocenters. The Morgan fingerprint density at radius 3 is 2.33 bits per heavy atom. The third-order valence-electron chi connectivity index (χ3n) is 2.13. The molecule has 0 amide bonds. The first-order valence-electron chi connectivity index (χ1n) is 4.57. The van der Waals surface area contributed by atoms with Gasteiger partial charge < -0.3 is 5.11 Å². The number of aliphatic hydroxyl groups excluding tert-OH is 1. The lowest BCUT2D eigenvalue weighted by molar-refractivity contribution is 0.195. The van der Waals surface area contributed by atoms with Gasteiger partial charge in [0.25, 0.3) is 0 Å². The van der Waals surface area contributed by atoms with Crippen LogP contribution in [0.15, 0.2) is 30.3 Å². The summed E-state index contributed by atoms with van der Waals surface area (Å²) in [4.78, 5) is 0. The van der Waals surface area contributed by atoms with Gasteiger partial charge in [-0.25, -0.2) is 8.42 Å². The molecule has 0 aliphatic rings. The van der Waals surface area contributed by atoms with Gasteiger partial charge in [0.2, 0.25) is 0 Å². The summed E-state index contributed by atoms with van der Waals surface area (Å²) < 4.78 is 22.1. The Labute approximate surface area is 98.2 Å². The van der Waals surface area contributed by atoms with Crippen molar-refractivity contribution in [2.75, 3.05) is 5.75 Å². The molecule has 15 heavy (non-hydrogen) atoms. The predicted octanol–water partition coefficient (Wildman–Crippen LogP) is 1.88. The van der Waals surface area contributed by atoms with E-state index in [2.05, 4.69) is 15.9 Å². The van der Waals surface area contributed by atoms with Crippen molar-refractivity contribution in [2.24, 2.45) is 0 Å². The van der Waals surface area contributed by atoms with Gasteiger partial charge in [-0.05, 0) is 5.56 Å². The van der Waals surface area contributed by atoms with Crippen molar-refractivity contribution in [1.82, 2.24) is 0 Å². The van der Waals surface area contributed by atoms with Crippen molar-refractivity contribution in [3.8, 4) is 0 Å². The molecule has 0 aromatic heterocycles. The van der Waals surface area contributed by atoms with E-state index in [1.807, 2.05) is 6.07 Å². The Hall–Kier alpha value is -0.390. The molecule has 0 radical (unpaired) electrons. The molecule has 0 aliphatic heterocycles. The highest BCUT2D eigenvalue weighted by atomic mass is 79.9. The van der Waals surface area contributed by atoms with Gasteiger partial charge in [-0.2, -0.15) is 0 Å². The third kappa shape index (κ3) is 3.03. The molecular weight excluding hydrogens is 280 g/mol. The number of alkyl halides is 1. The lowest BCUT2D eigenvalue weighted by Crippen LogP contribution is -2.24. The molecule has 0 aliphatic carbocycles. The highest BCUT2D eigenvalue weighted by Crippen LogP contribution is 2.26. The molecule has 3 nitrogen and oxygen atoms in total. The highest BCUT2D eigenvalue weighted by Gasteiger charge is 2.29. The number of hydrogen-bond donors (Lipinski definition) is 1. The number of sulfone groups is 1. The van der Waals surface area contributed by atoms with E-state index >= 15 is 0 Å². The summed E-state index contributed by atoms with van der Waals surface area (Å²) in [6.07, 6.45) is -1.03. The normalized spacial score (nSPS) is 15.9. The first-order valence-corrected chi connectivity index (χ1v) is 7.21. The maximum Gasteiger partial charge on any atom is 0.165 e. The van der Waals surface area contributed by atoms with Crippen LogP contribution < -0.4 is 0 Å². The summed E-state index contributed by atoms with van der Waals surface area (Å²) in [5, 5.41) is 9.83. The molecule has 0 heterocycles. The maximum absolute atomic E-state index is 11.5. The summed E-state index contributed by atoms with van der Waals surface area (Å²) in [5.74, 6) is 0.00676. The van der Waals surface area contributed by atoms with E-state index in [1.165, 1.54) is 0 Å². The molecule has 0 saturated carbocycles. The molecular formula is C10H13BrO3S. The molecule has 0 bridgehead atoms. The SMILES string of the molecule is CCS(=O)(=O)[C@H](Br)[C@@H](O)c1ccccc1. The molecule has 1 aromatic rings. The average Bonchev–Trinajstić information content (AvgIpc) is 2.28. The molecule has 1 N–H and O–H groups in total. The van der Waals surface area contributed by atoms with Crippen LogP contribution in [0.4, 0.5) is 0 Å². The topological polar surface area (TPSA) is 54.4 Å². The van der Waals surface area contributed by atoms with Gasteiger partial charge in [0, 0.05) is 5.75 Å². The monoisotopic (exact) mass is 292 g/mol. The first-order chi connectivity index (χ1) is 6.99. The number of rotatable bonds is 4. The fourth-order valence-electron chi connectivity index (χ4n) is 1.16. The molecule has 84 valence electrons. The predicted molar refractivity (Wildman–Crippen MR) is 63.6 cm³/mol. The fraction of sp³-hybridized carbons (Fsp3) is 0.400. The largest absolute Gasteiger partial charge is 0.386 e. The van der Waals surface area contributed by atoms with Crippen molar-refractivity contribution in [3.63, 3.8) is 0 Å². The second-order valence-corrected chi connectivity index (χ2v) is 7.16. The second kappa shape index (κ2) is 5.09. The smallest absolute Gasteiger partial charge is 0.165 e. The summed E-state index contributed by atoms with van der Waals surface area (Å²) in [7, 11) is -3.28. The minimum atomic E-state index is -3.28. The minimum absolute atomic E-state index is 0.00676. The van der Waals surface area contributed by atoms with Crippen molar-refractivity contribution < 1.29 is 13.5 Å². The molecule has 0 unspecified atom stereocenters. The minimum Gasteiger partial charge on any atom is -0.386 e. The van der Waals surface area contributed by atoms with Crippen LogP contribution in [0.2, 0.25) is 0 Å². The average molecular weight is 293 g/mol. The van der Waals surface area contributed by atoms with Crippen molar-refractivity contribution in [2.45, 2.75) is 17.2 Å². The zero-order valence-corrected chi connectivity index (χ0v) is 10.7. The van der Waals surface area contributed by atoms with Gasteiger partial charge in [-0.1, -0.05) is 53.2 Å². The zero-order valence-electron chi connectivity index (χ0n) is 8.30. The Morgan fingerprint density at radius 1 is 1.33 bits per heavy atom. The standard InChI is InChI=1S/C10H13BrO3S/c1-2-15(13,14)10(11)9(12)8-6-4-3-5-7-8/h3-7,9-10,12H,2H2,1H3/t9-,10-/m0/s1. The van der Waals surface area contributed by atoms with Gasteiger partial charge in [0.1, 0.15) is 10.3 Å². The highest BCUT2D eigenvalue weighted by molar-refractivity contribution is 9.11. The summed E-state index contributed by atoms with van der Waals surface area (Å²) in [5.41, 5.74) is 0.594. The number of benzene rings is 1. The molecule has 0 saturated heterocycles. The van der Waals surface area contributed by atoms with Crippen LogP contribution in [0.5, 0.6) is 0 Å². The van der Waals surface area contributed by atoms with E-state index in [1.54, 1.807) is 31.2 Å². The Morgan fingerprint density at radius 2 is 1.87 bits per heavy atom. The lowest BCUT2D eigenvalue weighted by Gasteiger charge is -2.17. The summed E-state index contributed by atoms with van der Waals surface area (Å²) >= 11 is 3.02. The van der Waals surface area contributed by atoms with Crippen molar-refractivity contribution >= 4 is 25.8 Å². The number of hydrogen-bond acceptors (Lipinski definition) is 3. The Bertz CT molecular complexity index is 402. The zero-order chi connectivity index (χ0) is 11.5. The van der Waals surface area contributed by atoms with Gasteiger partial charge in [-0.15, -0.1) is 0 Å². The third-order valence-corrected chi connectivity index (χ3v) is 6.09. The van der Waals surface area contributed by atoms with Gasteiger partial charge in [-0.3, -0.25) is 0 Å². The number of aliphatic hydroxyl groups is 1. The van der Waals surface area contributed by atoms with Crippen molar-refractivity contribution in [1.29, 1.82) is 0 Å². The second-order valence-electron chi connectivity index (χ2n) is 3.16. The molecule has 0 spiro atoms. The van der Waals surface area contributed by atoms with E-state index in [0.29, 0.717) is 5.56 Å². The lowest BCUT2D eigenvalue weighted by atomic mass is 10.1.